The summed E-state index contributed by atoms with van der Waals surface area (Å²) in [7, 11) is 0.500. The van der Waals surface area contributed by atoms with E-state index in [-0.39, 0.29) is 5.78 Å². The van der Waals surface area contributed by atoms with Crippen LogP contribution in [0.15, 0.2) is 24.3 Å². The Balaban J connectivity index is 0. The lowest BCUT2D eigenvalue weighted by Crippen LogP contribution is -1.92. The van der Waals surface area contributed by atoms with Crippen LogP contribution in [0.4, 0.5) is 4.39 Å². The molecule has 1 aromatic rings. The molecule has 1 aromatic carbocycles. The van der Waals surface area contributed by atoms with E-state index < -0.39 is 0 Å². The highest BCUT2D eigenvalue weighted by Crippen LogP contribution is 2.08. The van der Waals surface area contributed by atoms with Crippen molar-refractivity contribution in [3.63, 3.8) is 0 Å². The molecule has 0 fully saturated rings. The SMILES string of the molecule is CC.CCCCc1ccc(C(C)=O)cc1.CF. The molecule has 0 aromatic heterocycles. The van der Waals surface area contributed by atoms with Crippen molar-refractivity contribution in [2.45, 2.75) is 47.0 Å². The van der Waals surface area contributed by atoms with E-state index in [2.05, 4.69) is 6.92 Å². The fourth-order valence-corrected chi connectivity index (χ4v) is 1.29. The first-order chi connectivity index (χ1) is 8.24. The molecule has 2 heteroatoms. The maximum absolute atomic E-state index is 11.0. The van der Waals surface area contributed by atoms with Crippen molar-refractivity contribution in [2.24, 2.45) is 0 Å². The minimum atomic E-state index is 0.141. The summed E-state index contributed by atoms with van der Waals surface area (Å²) in [6, 6.07) is 7.92. The number of carbonyl (C=O) groups is 1. The zero-order valence-electron chi connectivity index (χ0n) is 11.7. The highest BCUT2D eigenvalue weighted by atomic mass is 19.1. The smallest absolute Gasteiger partial charge is 0.159 e. The summed E-state index contributed by atoms with van der Waals surface area (Å²) in [5.74, 6) is 0.141. The first kappa shape index (κ1) is 18.2. The minimum Gasteiger partial charge on any atom is -0.295 e. The molecule has 17 heavy (non-hydrogen) atoms. The van der Waals surface area contributed by atoms with Crippen LogP contribution in [0, 0.1) is 0 Å². The highest BCUT2D eigenvalue weighted by Gasteiger charge is 1.97. The monoisotopic (exact) mass is 240 g/mol. The Morgan fingerprint density at radius 3 is 1.94 bits per heavy atom. The summed E-state index contributed by atoms with van der Waals surface area (Å²) in [5.41, 5.74) is 2.13. The van der Waals surface area contributed by atoms with Crippen molar-refractivity contribution >= 4 is 5.78 Å². The Hall–Kier alpha value is -1.18. The van der Waals surface area contributed by atoms with Crippen LogP contribution in [0.1, 0.15) is 56.5 Å². The molecule has 0 spiro atoms. The lowest BCUT2D eigenvalue weighted by molar-refractivity contribution is 0.101. The predicted molar refractivity (Wildman–Crippen MR) is 73.4 cm³/mol. The summed E-state index contributed by atoms with van der Waals surface area (Å²) >= 11 is 0. The van der Waals surface area contributed by atoms with Gasteiger partial charge in [-0.1, -0.05) is 51.5 Å². The van der Waals surface area contributed by atoms with Gasteiger partial charge in [0.1, 0.15) is 0 Å². The number of benzene rings is 1. The highest BCUT2D eigenvalue weighted by molar-refractivity contribution is 5.93. The van der Waals surface area contributed by atoms with Gasteiger partial charge in [-0.15, -0.1) is 0 Å². The lowest BCUT2D eigenvalue weighted by Gasteiger charge is -2.00. The van der Waals surface area contributed by atoms with Gasteiger partial charge in [-0.3, -0.25) is 9.18 Å². The molecule has 0 atom stereocenters. The zero-order valence-corrected chi connectivity index (χ0v) is 11.7. The number of ketones is 1. The molecule has 0 bridgehead atoms. The third-order valence-corrected chi connectivity index (χ3v) is 2.18. The number of unbranched alkanes of at least 4 members (excludes halogenated alkanes) is 1. The molecule has 0 aliphatic rings. The standard InChI is InChI=1S/C12H16O.C2H6.CH3F/c1-3-4-5-11-6-8-12(9-7-11)10(2)13;2*1-2/h6-9H,3-5H2,1-2H3;1-2H3;1H3. The van der Waals surface area contributed by atoms with E-state index in [0.29, 0.717) is 7.18 Å². The summed E-state index contributed by atoms with van der Waals surface area (Å²) in [6.07, 6.45) is 3.56. The Morgan fingerprint density at radius 1 is 1.12 bits per heavy atom. The van der Waals surface area contributed by atoms with Gasteiger partial charge in [-0.05, 0) is 25.3 Å². The Bertz CT molecular complexity index is 277. The molecule has 0 N–H and O–H groups in total. The molecule has 0 saturated heterocycles. The van der Waals surface area contributed by atoms with E-state index in [1.807, 2.05) is 38.1 Å². The number of hydrogen-bond acceptors (Lipinski definition) is 1. The fourth-order valence-electron chi connectivity index (χ4n) is 1.29. The molecule has 0 aliphatic carbocycles. The Labute approximate surface area is 105 Å². The van der Waals surface area contributed by atoms with Gasteiger partial charge in [0.15, 0.2) is 5.78 Å². The molecule has 0 saturated carbocycles. The van der Waals surface area contributed by atoms with E-state index in [1.165, 1.54) is 18.4 Å². The van der Waals surface area contributed by atoms with Crippen molar-refractivity contribution in [3.8, 4) is 0 Å². The van der Waals surface area contributed by atoms with E-state index in [4.69, 9.17) is 0 Å². The molecular weight excluding hydrogens is 215 g/mol. The average Bonchev–Trinajstić information content (AvgIpc) is 2.41. The van der Waals surface area contributed by atoms with Crippen molar-refractivity contribution < 1.29 is 9.18 Å². The molecule has 1 nitrogen and oxygen atoms in total. The number of hydrogen-bond donors (Lipinski definition) is 0. The third kappa shape index (κ3) is 8.61. The van der Waals surface area contributed by atoms with Gasteiger partial charge in [0.05, 0.1) is 7.18 Å². The topological polar surface area (TPSA) is 17.1 Å². The van der Waals surface area contributed by atoms with Gasteiger partial charge < -0.3 is 0 Å². The van der Waals surface area contributed by atoms with E-state index in [9.17, 15) is 9.18 Å². The number of Topliss-reactive ketones (excluding diaryl/α,β-unsaturated/α-hetero) is 1. The van der Waals surface area contributed by atoms with Crippen molar-refractivity contribution in [1.29, 1.82) is 0 Å². The van der Waals surface area contributed by atoms with Crippen molar-refractivity contribution in [2.75, 3.05) is 7.18 Å². The number of aryl methyl sites for hydroxylation is 1. The number of halogens is 1. The van der Waals surface area contributed by atoms with Crippen LogP contribution in [0.5, 0.6) is 0 Å². The van der Waals surface area contributed by atoms with Crippen molar-refractivity contribution in [1.82, 2.24) is 0 Å². The third-order valence-electron chi connectivity index (χ3n) is 2.18. The molecule has 98 valence electrons. The normalized spacial score (nSPS) is 8.35. The van der Waals surface area contributed by atoms with Crippen molar-refractivity contribution in [3.05, 3.63) is 35.4 Å². The molecule has 0 unspecified atom stereocenters. The van der Waals surface area contributed by atoms with Crippen LogP contribution in [-0.2, 0) is 6.42 Å². The maximum atomic E-state index is 11.0. The number of carbonyl (C=O) groups excluding carboxylic acids is 1. The second-order valence-corrected chi connectivity index (χ2v) is 3.36. The van der Waals surface area contributed by atoms with Gasteiger partial charge in [-0.2, -0.15) is 0 Å². The van der Waals surface area contributed by atoms with Gasteiger partial charge in [-0.25, -0.2) is 0 Å². The molecule has 1 rings (SSSR count). The van der Waals surface area contributed by atoms with Crippen LogP contribution in [-0.4, -0.2) is 13.0 Å². The lowest BCUT2D eigenvalue weighted by atomic mass is 10.1. The minimum absolute atomic E-state index is 0.141. The van der Waals surface area contributed by atoms with Crippen LogP contribution >= 0.6 is 0 Å². The van der Waals surface area contributed by atoms with E-state index in [1.54, 1.807) is 6.92 Å². The summed E-state index contributed by atoms with van der Waals surface area (Å²) < 4.78 is 9.50. The average molecular weight is 240 g/mol. The summed E-state index contributed by atoms with van der Waals surface area (Å²) in [4.78, 5) is 11.0. The van der Waals surface area contributed by atoms with E-state index >= 15 is 0 Å². The second-order valence-electron chi connectivity index (χ2n) is 3.36. The molecular formula is C15H25FO. The number of rotatable bonds is 4. The van der Waals surface area contributed by atoms with Gasteiger partial charge in [0.25, 0.3) is 0 Å². The molecule has 0 aliphatic heterocycles. The summed E-state index contributed by atoms with van der Waals surface area (Å²) in [5, 5.41) is 0. The number of alkyl halides is 1. The van der Waals surface area contributed by atoms with Crippen LogP contribution in [0.25, 0.3) is 0 Å². The Morgan fingerprint density at radius 2 is 1.59 bits per heavy atom. The Kier molecular flexibility index (Phi) is 13.8. The van der Waals surface area contributed by atoms with E-state index in [0.717, 1.165) is 12.0 Å². The first-order valence-electron chi connectivity index (χ1n) is 6.21. The predicted octanol–water partition coefficient (Wildman–Crippen LogP) is 4.84. The second kappa shape index (κ2) is 12.9. The van der Waals surface area contributed by atoms with Crippen LogP contribution in [0.3, 0.4) is 0 Å². The molecule has 0 radical (unpaired) electrons. The maximum Gasteiger partial charge on any atom is 0.159 e. The van der Waals surface area contributed by atoms with Crippen LogP contribution < -0.4 is 0 Å². The largest absolute Gasteiger partial charge is 0.295 e. The fraction of sp³-hybridized carbons (Fsp3) is 0.533. The van der Waals surface area contributed by atoms with Crippen LogP contribution in [0.2, 0.25) is 0 Å². The first-order valence-corrected chi connectivity index (χ1v) is 6.21. The quantitative estimate of drug-likeness (QED) is 0.688. The van der Waals surface area contributed by atoms with Gasteiger partial charge >= 0.3 is 0 Å². The van der Waals surface area contributed by atoms with Gasteiger partial charge in [0.2, 0.25) is 0 Å². The molecule has 0 heterocycles. The molecule has 0 amide bonds. The van der Waals surface area contributed by atoms with Gasteiger partial charge in [0, 0.05) is 5.56 Å². The summed E-state index contributed by atoms with van der Waals surface area (Å²) in [6.45, 7) is 7.78. The zero-order chi connectivity index (χ0) is 13.7.